The summed E-state index contributed by atoms with van der Waals surface area (Å²) in [5, 5.41) is 0. The highest BCUT2D eigenvalue weighted by Gasteiger charge is 2.07. The molecule has 0 bridgehead atoms. The van der Waals surface area contributed by atoms with Crippen LogP contribution in [0.1, 0.15) is 0 Å². The molecule has 0 heterocycles. The second-order valence-electron chi connectivity index (χ2n) is 2.88. The molecular formula is C8H18NO+. The van der Waals surface area contributed by atoms with E-state index in [1.807, 2.05) is 12.2 Å². The van der Waals surface area contributed by atoms with Gasteiger partial charge in [-0.3, -0.25) is 0 Å². The quantitative estimate of drug-likeness (QED) is 0.409. The van der Waals surface area contributed by atoms with Crippen LogP contribution in [0, 0.1) is 0 Å². The van der Waals surface area contributed by atoms with Crippen LogP contribution in [0.15, 0.2) is 25.3 Å². The van der Waals surface area contributed by atoms with Crippen LogP contribution in [0.5, 0.6) is 0 Å². The highest BCUT2D eigenvalue weighted by atomic mass is 16.0. The van der Waals surface area contributed by atoms with Crippen molar-refractivity contribution < 1.29 is 9.96 Å². The summed E-state index contributed by atoms with van der Waals surface area (Å²) in [5.74, 6) is 0. The first kappa shape index (κ1) is 12.1. The Morgan fingerprint density at radius 3 is 1.60 bits per heavy atom. The van der Waals surface area contributed by atoms with Gasteiger partial charge < -0.3 is 9.96 Å². The number of rotatable bonds is 4. The normalized spacial score (nSPS) is 9.80. The zero-order chi connectivity index (χ0) is 7.33. The lowest BCUT2D eigenvalue weighted by Crippen LogP contribution is -2.39. The molecule has 0 atom stereocenters. The van der Waals surface area contributed by atoms with Gasteiger partial charge >= 0.3 is 0 Å². The van der Waals surface area contributed by atoms with E-state index in [9.17, 15) is 0 Å². The lowest BCUT2D eigenvalue weighted by Gasteiger charge is -2.26. The number of quaternary nitrogens is 1. The van der Waals surface area contributed by atoms with Crippen molar-refractivity contribution in [3.63, 3.8) is 0 Å². The molecule has 0 unspecified atom stereocenters. The van der Waals surface area contributed by atoms with Crippen molar-refractivity contribution in [3.05, 3.63) is 25.3 Å². The van der Waals surface area contributed by atoms with Gasteiger partial charge in [-0.15, -0.1) is 0 Å². The van der Waals surface area contributed by atoms with E-state index < -0.39 is 0 Å². The highest BCUT2D eigenvalue weighted by Crippen LogP contribution is 1.95. The van der Waals surface area contributed by atoms with Gasteiger partial charge in [0, 0.05) is 0 Å². The van der Waals surface area contributed by atoms with Gasteiger partial charge in [0.2, 0.25) is 0 Å². The van der Waals surface area contributed by atoms with Crippen molar-refractivity contribution in [2.24, 2.45) is 0 Å². The molecule has 2 heteroatoms. The Labute approximate surface area is 63.4 Å². The van der Waals surface area contributed by atoms with Gasteiger partial charge in [-0.05, 0) is 12.2 Å². The van der Waals surface area contributed by atoms with Gasteiger partial charge in [-0.25, -0.2) is 0 Å². The fourth-order valence-electron chi connectivity index (χ4n) is 0.774. The Hall–Kier alpha value is -0.600. The minimum atomic E-state index is 0. The maximum Gasteiger partial charge on any atom is 0.0969 e. The lowest BCUT2D eigenvalue weighted by molar-refractivity contribution is -0.878. The highest BCUT2D eigenvalue weighted by molar-refractivity contribution is 4.69. The number of hydrogen-bond acceptors (Lipinski definition) is 0. The molecule has 0 aromatic heterocycles. The Morgan fingerprint density at radius 1 is 1.10 bits per heavy atom. The van der Waals surface area contributed by atoms with Crippen LogP contribution >= 0.6 is 0 Å². The van der Waals surface area contributed by atoms with Gasteiger partial charge in [0.15, 0.2) is 0 Å². The van der Waals surface area contributed by atoms with Gasteiger partial charge in [-0.1, -0.05) is 13.2 Å². The standard InChI is InChI=1S/C8H16N.H2O/c1-5-7-9(3,4)8-6-2;/h5-6H,1-2,7-8H2,3-4H3;1H2/q+1;. The van der Waals surface area contributed by atoms with Crippen molar-refractivity contribution in [2.75, 3.05) is 27.2 Å². The van der Waals surface area contributed by atoms with E-state index >= 15 is 0 Å². The van der Waals surface area contributed by atoms with E-state index in [0.29, 0.717) is 0 Å². The van der Waals surface area contributed by atoms with Crippen molar-refractivity contribution in [2.45, 2.75) is 0 Å². The van der Waals surface area contributed by atoms with Crippen LogP contribution in [-0.2, 0) is 0 Å². The molecular weight excluding hydrogens is 126 g/mol. The third-order valence-electron chi connectivity index (χ3n) is 1.25. The molecule has 2 N–H and O–H groups in total. The van der Waals surface area contributed by atoms with Gasteiger partial charge in [0.1, 0.15) is 0 Å². The number of likely N-dealkylation sites (N-methyl/N-ethyl adjacent to an activating group) is 1. The fourth-order valence-corrected chi connectivity index (χ4v) is 0.774. The first-order chi connectivity index (χ1) is 4.12. The average molecular weight is 144 g/mol. The first-order valence-corrected chi connectivity index (χ1v) is 3.16. The molecule has 0 aliphatic rings. The van der Waals surface area contributed by atoms with Crippen LogP contribution in [0.3, 0.4) is 0 Å². The zero-order valence-corrected chi connectivity index (χ0v) is 6.93. The summed E-state index contributed by atoms with van der Waals surface area (Å²) >= 11 is 0. The summed E-state index contributed by atoms with van der Waals surface area (Å²) in [6, 6.07) is 0. The molecule has 0 aromatic rings. The molecule has 0 spiro atoms. The smallest absolute Gasteiger partial charge is 0.0969 e. The number of hydrogen-bond donors (Lipinski definition) is 0. The van der Waals surface area contributed by atoms with E-state index in [4.69, 9.17) is 0 Å². The van der Waals surface area contributed by atoms with Crippen LogP contribution in [0.4, 0.5) is 0 Å². The molecule has 10 heavy (non-hydrogen) atoms. The zero-order valence-electron chi connectivity index (χ0n) is 6.93. The molecule has 2 nitrogen and oxygen atoms in total. The minimum Gasteiger partial charge on any atom is -0.412 e. The van der Waals surface area contributed by atoms with Crippen LogP contribution in [-0.4, -0.2) is 37.1 Å². The van der Waals surface area contributed by atoms with E-state index in [2.05, 4.69) is 27.3 Å². The third kappa shape index (κ3) is 5.54. The number of nitrogens with zero attached hydrogens (tertiary/aromatic N) is 1. The SMILES string of the molecule is C=CC[N+](C)(C)CC=C.O. The predicted octanol–water partition coefficient (Wildman–Crippen LogP) is 0.610. The van der Waals surface area contributed by atoms with E-state index in [-0.39, 0.29) is 5.48 Å². The molecule has 0 radical (unpaired) electrons. The van der Waals surface area contributed by atoms with Gasteiger partial charge in [0.05, 0.1) is 27.2 Å². The molecule has 0 aliphatic carbocycles. The molecule has 0 rings (SSSR count). The summed E-state index contributed by atoms with van der Waals surface area (Å²) in [7, 11) is 4.31. The summed E-state index contributed by atoms with van der Waals surface area (Å²) in [4.78, 5) is 0. The molecule has 0 fully saturated rings. The third-order valence-corrected chi connectivity index (χ3v) is 1.25. The van der Waals surface area contributed by atoms with E-state index in [1.165, 1.54) is 0 Å². The summed E-state index contributed by atoms with van der Waals surface area (Å²) < 4.78 is 0.951. The second kappa shape index (κ2) is 5.21. The topological polar surface area (TPSA) is 31.5 Å². The average Bonchev–Trinajstić information content (AvgIpc) is 1.64. The Bertz CT molecular complexity index is 95.8. The Kier molecular flexibility index (Phi) is 6.31. The maximum absolute atomic E-state index is 3.68. The van der Waals surface area contributed by atoms with Crippen LogP contribution < -0.4 is 0 Å². The van der Waals surface area contributed by atoms with Crippen LogP contribution in [0.25, 0.3) is 0 Å². The Balaban J connectivity index is 0. The molecule has 0 aromatic carbocycles. The monoisotopic (exact) mass is 144 g/mol. The molecule has 0 amide bonds. The molecule has 0 saturated carbocycles. The predicted molar refractivity (Wildman–Crippen MR) is 45.9 cm³/mol. The lowest BCUT2D eigenvalue weighted by atomic mass is 10.4. The van der Waals surface area contributed by atoms with Crippen molar-refractivity contribution >= 4 is 0 Å². The van der Waals surface area contributed by atoms with Crippen LogP contribution in [0.2, 0.25) is 0 Å². The summed E-state index contributed by atoms with van der Waals surface area (Å²) in [6.45, 7) is 9.37. The fraction of sp³-hybridized carbons (Fsp3) is 0.500. The Morgan fingerprint density at radius 2 is 1.40 bits per heavy atom. The molecule has 60 valence electrons. The maximum atomic E-state index is 3.68. The van der Waals surface area contributed by atoms with Gasteiger partial charge in [-0.2, -0.15) is 0 Å². The van der Waals surface area contributed by atoms with Gasteiger partial charge in [0.25, 0.3) is 0 Å². The van der Waals surface area contributed by atoms with E-state index in [1.54, 1.807) is 0 Å². The largest absolute Gasteiger partial charge is 0.412 e. The minimum absolute atomic E-state index is 0. The first-order valence-electron chi connectivity index (χ1n) is 3.16. The molecule has 0 aliphatic heterocycles. The van der Waals surface area contributed by atoms with E-state index in [0.717, 1.165) is 17.6 Å². The van der Waals surface area contributed by atoms with Crippen molar-refractivity contribution in [1.82, 2.24) is 0 Å². The molecule has 0 saturated heterocycles. The van der Waals surface area contributed by atoms with Crippen molar-refractivity contribution in [3.8, 4) is 0 Å². The second-order valence-corrected chi connectivity index (χ2v) is 2.88. The summed E-state index contributed by atoms with van der Waals surface area (Å²) in [5.41, 5.74) is 0. The summed E-state index contributed by atoms with van der Waals surface area (Å²) in [6.07, 6.45) is 3.87. The van der Waals surface area contributed by atoms with Crippen molar-refractivity contribution in [1.29, 1.82) is 0 Å².